The number of likely N-dealkylation sites (N-methyl/N-ethyl adjacent to an activating group) is 1. The van der Waals surface area contributed by atoms with E-state index in [0.29, 0.717) is 5.41 Å². The van der Waals surface area contributed by atoms with E-state index in [1.807, 2.05) is 13.2 Å². The van der Waals surface area contributed by atoms with Crippen molar-refractivity contribution in [3.05, 3.63) is 36.0 Å². The normalized spacial score (nSPS) is 18.2. The van der Waals surface area contributed by atoms with E-state index in [4.69, 9.17) is 0 Å². The summed E-state index contributed by atoms with van der Waals surface area (Å²) in [5.74, 6) is 0. The van der Waals surface area contributed by atoms with E-state index in [1.54, 1.807) is 0 Å². The molecule has 0 atom stereocenters. The molecule has 1 saturated carbocycles. The highest BCUT2D eigenvalue weighted by molar-refractivity contribution is 5.80. The molecule has 2 N–H and O–H groups in total. The number of benzene rings is 1. The fourth-order valence-electron chi connectivity index (χ4n) is 2.44. The molecule has 15 heavy (non-hydrogen) atoms. The molecule has 1 aromatic heterocycles. The zero-order chi connectivity index (χ0) is 10.3. The summed E-state index contributed by atoms with van der Waals surface area (Å²) in [6, 6.07) is 8.94. The lowest BCUT2D eigenvalue weighted by molar-refractivity contribution is 0.625. The number of aromatic nitrogens is 1. The highest BCUT2D eigenvalue weighted by Gasteiger charge is 2.43. The van der Waals surface area contributed by atoms with E-state index < -0.39 is 0 Å². The average molecular weight is 200 g/mol. The molecule has 1 aromatic carbocycles. The van der Waals surface area contributed by atoms with E-state index in [-0.39, 0.29) is 0 Å². The van der Waals surface area contributed by atoms with Crippen molar-refractivity contribution in [1.82, 2.24) is 10.3 Å². The van der Waals surface area contributed by atoms with Crippen LogP contribution in [0.5, 0.6) is 0 Å². The summed E-state index contributed by atoms with van der Waals surface area (Å²) in [4.78, 5) is 3.23. The van der Waals surface area contributed by atoms with Crippen LogP contribution in [0.1, 0.15) is 18.4 Å². The molecule has 0 radical (unpaired) electrons. The Balaban J connectivity index is 2.04. The van der Waals surface area contributed by atoms with Crippen LogP contribution in [0.3, 0.4) is 0 Å². The Kier molecular flexibility index (Phi) is 1.86. The first-order valence-electron chi connectivity index (χ1n) is 5.56. The summed E-state index contributed by atoms with van der Waals surface area (Å²) < 4.78 is 0. The fourth-order valence-corrected chi connectivity index (χ4v) is 2.44. The van der Waals surface area contributed by atoms with Gasteiger partial charge in [0.2, 0.25) is 0 Å². The molecule has 0 amide bonds. The molecule has 2 aromatic rings. The second kappa shape index (κ2) is 3.11. The van der Waals surface area contributed by atoms with Gasteiger partial charge in [-0.2, -0.15) is 0 Å². The Morgan fingerprint density at radius 1 is 1.33 bits per heavy atom. The van der Waals surface area contributed by atoms with E-state index in [2.05, 4.69) is 34.6 Å². The van der Waals surface area contributed by atoms with Gasteiger partial charge in [0.05, 0.1) is 0 Å². The van der Waals surface area contributed by atoms with Crippen molar-refractivity contribution in [2.45, 2.75) is 18.3 Å². The minimum absolute atomic E-state index is 0.431. The zero-order valence-electron chi connectivity index (χ0n) is 9.01. The molecular weight excluding hydrogens is 184 g/mol. The lowest BCUT2D eigenvalue weighted by Crippen LogP contribution is -2.23. The monoisotopic (exact) mass is 200 g/mol. The van der Waals surface area contributed by atoms with Crippen molar-refractivity contribution >= 4 is 10.9 Å². The topological polar surface area (TPSA) is 27.8 Å². The van der Waals surface area contributed by atoms with Crippen molar-refractivity contribution in [2.75, 3.05) is 13.6 Å². The molecule has 1 aliphatic carbocycles. The van der Waals surface area contributed by atoms with Crippen LogP contribution in [0.25, 0.3) is 10.9 Å². The minimum Gasteiger partial charge on any atom is -0.361 e. The fraction of sp³-hybridized carbons (Fsp3) is 0.385. The molecular formula is C13H16N2. The number of H-pyrrole nitrogens is 1. The number of hydrogen-bond donors (Lipinski definition) is 2. The Hall–Kier alpha value is -1.28. The summed E-state index contributed by atoms with van der Waals surface area (Å²) >= 11 is 0. The van der Waals surface area contributed by atoms with Gasteiger partial charge in [-0.05, 0) is 49.0 Å². The summed E-state index contributed by atoms with van der Waals surface area (Å²) in [6.45, 7) is 1.10. The first-order chi connectivity index (χ1) is 7.34. The molecule has 2 nitrogen and oxygen atoms in total. The third-order valence-corrected chi connectivity index (χ3v) is 3.53. The predicted molar refractivity (Wildman–Crippen MR) is 63.1 cm³/mol. The molecule has 3 rings (SSSR count). The van der Waals surface area contributed by atoms with Crippen LogP contribution in [-0.4, -0.2) is 18.6 Å². The third-order valence-electron chi connectivity index (χ3n) is 3.53. The Bertz CT molecular complexity index is 480. The second-order valence-corrected chi connectivity index (χ2v) is 4.59. The lowest BCUT2D eigenvalue weighted by atomic mass is 9.95. The first kappa shape index (κ1) is 8.98. The summed E-state index contributed by atoms with van der Waals surface area (Å²) in [6.07, 6.45) is 4.65. The van der Waals surface area contributed by atoms with Crippen molar-refractivity contribution in [1.29, 1.82) is 0 Å². The molecule has 1 aliphatic rings. The maximum atomic E-state index is 3.30. The SMILES string of the molecule is CNCC1(c2ccc3[nH]ccc3c2)CC1. The van der Waals surface area contributed by atoms with Crippen LogP contribution >= 0.6 is 0 Å². The molecule has 0 saturated heterocycles. The largest absolute Gasteiger partial charge is 0.361 e. The second-order valence-electron chi connectivity index (χ2n) is 4.59. The summed E-state index contributed by atoms with van der Waals surface area (Å²) in [5.41, 5.74) is 3.16. The van der Waals surface area contributed by atoms with Gasteiger partial charge in [0, 0.05) is 23.7 Å². The number of rotatable bonds is 3. The Labute approximate surface area is 89.7 Å². The number of hydrogen-bond acceptors (Lipinski definition) is 1. The van der Waals surface area contributed by atoms with Crippen LogP contribution in [0, 0.1) is 0 Å². The summed E-state index contributed by atoms with van der Waals surface area (Å²) in [5, 5.41) is 4.63. The van der Waals surface area contributed by atoms with Gasteiger partial charge >= 0.3 is 0 Å². The maximum Gasteiger partial charge on any atom is 0.0454 e. The van der Waals surface area contributed by atoms with E-state index in [1.165, 1.54) is 29.3 Å². The van der Waals surface area contributed by atoms with Gasteiger partial charge in [-0.25, -0.2) is 0 Å². The molecule has 0 spiro atoms. The standard InChI is InChI=1S/C13H16N2/c1-14-9-13(5-6-13)11-2-3-12-10(8-11)4-7-15-12/h2-4,7-8,14-15H,5-6,9H2,1H3. The van der Waals surface area contributed by atoms with Crippen molar-refractivity contribution < 1.29 is 0 Å². The van der Waals surface area contributed by atoms with E-state index in [0.717, 1.165) is 6.54 Å². The lowest BCUT2D eigenvalue weighted by Gasteiger charge is -2.14. The molecule has 0 unspecified atom stereocenters. The minimum atomic E-state index is 0.431. The predicted octanol–water partition coefficient (Wildman–Crippen LogP) is 2.42. The van der Waals surface area contributed by atoms with Crippen LogP contribution in [-0.2, 0) is 5.41 Å². The van der Waals surface area contributed by atoms with Crippen molar-refractivity contribution in [3.8, 4) is 0 Å². The highest BCUT2D eigenvalue weighted by Crippen LogP contribution is 2.48. The quantitative estimate of drug-likeness (QED) is 0.782. The first-order valence-corrected chi connectivity index (χ1v) is 5.56. The number of fused-ring (bicyclic) bond motifs is 1. The van der Waals surface area contributed by atoms with Gasteiger partial charge in [-0.15, -0.1) is 0 Å². The highest BCUT2D eigenvalue weighted by atomic mass is 14.8. The molecule has 0 bridgehead atoms. The Morgan fingerprint density at radius 2 is 2.20 bits per heavy atom. The van der Waals surface area contributed by atoms with E-state index in [9.17, 15) is 0 Å². The van der Waals surface area contributed by atoms with Gasteiger partial charge in [0.25, 0.3) is 0 Å². The maximum absolute atomic E-state index is 3.30. The van der Waals surface area contributed by atoms with Crippen LogP contribution < -0.4 is 5.32 Å². The third kappa shape index (κ3) is 1.37. The van der Waals surface area contributed by atoms with Gasteiger partial charge in [-0.1, -0.05) is 6.07 Å². The van der Waals surface area contributed by atoms with Gasteiger partial charge in [0.15, 0.2) is 0 Å². The summed E-state index contributed by atoms with van der Waals surface area (Å²) in [7, 11) is 2.04. The average Bonchev–Trinajstić information content (AvgIpc) is 2.89. The Morgan fingerprint density at radius 3 is 2.93 bits per heavy atom. The molecule has 1 fully saturated rings. The molecule has 1 heterocycles. The smallest absolute Gasteiger partial charge is 0.0454 e. The molecule has 2 heteroatoms. The molecule has 0 aliphatic heterocycles. The number of aromatic amines is 1. The van der Waals surface area contributed by atoms with Crippen molar-refractivity contribution in [2.24, 2.45) is 0 Å². The van der Waals surface area contributed by atoms with Crippen LogP contribution in [0.2, 0.25) is 0 Å². The van der Waals surface area contributed by atoms with Gasteiger partial charge in [-0.3, -0.25) is 0 Å². The van der Waals surface area contributed by atoms with E-state index >= 15 is 0 Å². The zero-order valence-corrected chi connectivity index (χ0v) is 9.01. The number of nitrogens with one attached hydrogen (secondary N) is 2. The van der Waals surface area contributed by atoms with Gasteiger partial charge < -0.3 is 10.3 Å². The van der Waals surface area contributed by atoms with Crippen molar-refractivity contribution in [3.63, 3.8) is 0 Å². The molecule has 78 valence electrons. The van der Waals surface area contributed by atoms with Crippen LogP contribution in [0.15, 0.2) is 30.5 Å². The van der Waals surface area contributed by atoms with Crippen LogP contribution in [0.4, 0.5) is 0 Å². The van der Waals surface area contributed by atoms with Gasteiger partial charge in [0.1, 0.15) is 0 Å².